The average molecular weight is 435 g/mol. The van der Waals surface area contributed by atoms with Crippen LogP contribution in [0.3, 0.4) is 0 Å². The minimum absolute atomic E-state index is 0.0986. The minimum Gasteiger partial charge on any atom is -0.338 e. The van der Waals surface area contributed by atoms with Gasteiger partial charge in [0.2, 0.25) is 5.91 Å². The van der Waals surface area contributed by atoms with Gasteiger partial charge < -0.3 is 15.5 Å². The predicted molar refractivity (Wildman–Crippen MR) is 119 cm³/mol. The molecule has 0 bridgehead atoms. The Kier molecular flexibility index (Phi) is 8.09. The van der Waals surface area contributed by atoms with Gasteiger partial charge in [0.25, 0.3) is 0 Å². The van der Waals surface area contributed by atoms with Gasteiger partial charge in [0.05, 0.1) is 6.04 Å². The van der Waals surface area contributed by atoms with Gasteiger partial charge in [0.15, 0.2) is 0 Å². The maximum Gasteiger partial charge on any atom is 0.314 e. The molecule has 3 rings (SSSR count). The molecule has 2 aromatic heterocycles. The van der Waals surface area contributed by atoms with Crippen LogP contribution >= 0.6 is 22.7 Å². The van der Waals surface area contributed by atoms with Crippen LogP contribution in [-0.4, -0.2) is 54.5 Å². The van der Waals surface area contributed by atoms with Crippen LogP contribution in [0.4, 0.5) is 4.79 Å². The van der Waals surface area contributed by atoms with Gasteiger partial charge in [-0.15, -0.1) is 11.3 Å². The molecule has 0 saturated carbocycles. The van der Waals surface area contributed by atoms with Gasteiger partial charge in [0, 0.05) is 37.5 Å². The second-order valence-corrected chi connectivity index (χ2v) is 8.90. The van der Waals surface area contributed by atoms with Crippen LogP contribution in [0, 0.1) is 0 Å². The standard InChI is InChI=1S/C21H30N4O2S2/c1-3-24(4-2)18(17-7-11-28-15-17)13-23-21(27)22-9-5-20(26)25-10-6-19-16(14-25)8-12-29-19/h7-8,11-12,15,18H,3-6,9-10,13-14H2,1-2H3,(H2,22,23,27). The van der Waals surface area contributed by atoms with Gasteiger partial charge in [-0.05, 0) is 58.9 Å². The Morgan fingerprint density at radius 2 is 2.03 bits per heavy atom. The molecule has 0 saturated heterocycles. The van der Waals surface area contributed by atoms with Crippen LogP contribution in [0.15, 0.2) is 28.3 Å². The van der Waals surface area contributed by atoms with Gasteiger partial charge in [-0.3, -0.25) is 9.69 Å². The third kappa shape index (κ3) is 5.81. The summed E-state index contributed by atoms with van der Waals surface area (Å²) < 4.78 is 0. The number of carbonyl (C=O) groups excluding carboxylic acids is 2. The van der Waals surface area contributed by atoms with Crippen molar-refractivity contribution in [2.45, 2.75) is 39.3 Å². The molecule has 29 heavy (non-hydrogen) atoms. The zero-order valence-corrected chi connectivity index (χ0v) is 18.8. The summed E-state index contributed by atoms with van der Waals surface area (Å²) in [7, 11) is 0. The SMILES string of the molecule is CCN(CC)C(CNC(=O)NCCC(=O)N1CCc2sccc2C1)c1ccsc1. The molecule has 2 N–H and O–H groups in total. The zero-order valence-electron chi connectivity index (χ0n) is 17.1. The van der Waals surface area contributed by atoms with Crippen molar-refractivity contribution in [2.75, 3.05) is 32.7 Å². The molecule has 158 valence electrons. The molecule has 0 radical (unpaired) electrons. The fourth-order valence-electron chi connectivity index (χ4n) is 3.74. The molecule has 0 fully saturated rings. The average Bonchev–Trinajstić information content (AvgIpc) is 3.42. The Morgan fingerprint density at radius 1 is 1.21 bits per heavy atom. The Hall–Kier alpha value is -1.90. The van der Waals surface area contributed by atoms with Gasteiger partial charge in [-0.1, -0.05) is 13.8 Å². The minimum atomic E-state index is -0.219. The lowest BCUT2D eigenvalue weighted by atomic mass is 10.1. The summed E-state index contributed by atoms with van der Waals surface area (Å²) >= 11 is 3.44. The van der Waals surface area contributed by atoms with Gasteiger partial charge in [0.1, 0.15) is 0 Å². The van der Waals surface area contributed by atoms with E-state index in [0.29, 0.717) is 26.1 Å². The van der Waals surface area contributed by atoms with Crippen molar-refractivity contribution in [1.82, 2.24) is 20.4 Å². The third-order valence-electron chi connectivity index (χ3n) is 5.42. The second-order valence-electron chi connectivity index (χ2n) is 7.11. The fourth-order valence-corrected chi connectivity index (χ4v) is 5.34. The number of thiophene rings is 2. The van der Waals surface area contributed by atoms with E-state index in [4.69, 9.17) is 0 Å². The molecule has 1 atom stereocenters. The van der Waals surface area contributed by atoms with Crippen molar-refractivity contribution in [3.63, 3.8) is 0 Å². The number of likely N-dealkylation sites (N-methyl/N-ethyl adjacent to an activating group) is 1. The molecule has 1 aliphatic rings. The molecular weight excluding hydrogens is 404 g/mol. The van der Waals surface area contributed by atoms with E-state index in [9.17, 15) is 9.59 Å². The maximum atomic E-state index is 12.5. The summed E-state index contributed by atoms with van der Waals surface area (Å²) in [5.74, 6) is 0.0986. The Balaban J connectivity index is 1.41. The molecule has 0 spiro atoms. The number of fused-ring (bicyclic) bond motifs is 1. The number of nitrogens with one attached hydrogen (secondary N) is 2. The predicted octanol–water partition coefficient (Wildman–Crippen LogP) is 3.47. The van der Waals surface area contributed by atoms with Crippen LogP contribution in [-0.2, 0) is 17.8 Å². The lowest BCUT2D eigenvalue weighted by Gasteiger charge is -2.29. The lowest BCUT2D eigenvalue weighted by Crippen LogP contribution is -2.43. The van der Waals surface area contributed by atoms with Crippen LogP contribution in [0.2, 0.25) is 0 Å². The van der Waals surface area contributed by atoms with E-state index < -0.39 is 0 Å². The van der Waals surface area contributed by atoms with Gasteiger partial charge in [-0.2, -0.15) is 11.3 Å². The highest BCUT2D eigenvalue weighted by Gasteiger charge is 2.22. The molecule has 0 aliphatic carbocycles. The van der Waals surface area contributed by atoms with E-state index >= 15 is 0 Å². The number of carbonyl (C=O) groups is 2. The number of amides is 3. The third-order valence-corrected chi connectivity index (χ3v) is 7.15. The lowest BCUT2D eigenvalue weighted by molar-refractivity contribution is -0.131. The van der Waals surface area contributed by atoms with Crippen molar-refractivity contribution in [1.29, 1.82) is 0 Å². The number of hydrogen-bond donors (Lipinski definition) is 2. The van der Waals surface area contributed by atoms with Gasteiger partial charge in [-0.25, -0.2) is 4.79 Å². The van der Waals surface area contributed by atoms with E-state index in [1.54, 1.807) is 22.7 Å². The number of urea groups is 1. The van der Waals surface area contributed by atoms with Crippen molar-refractivity contribution in [3.05, 3.63) is 44.3 Å². The fraction of sp³-hybridized carbons (Fsp3) is 0.524. The maximum absolute atomic E-state index is 12.5. The summed E-state index contributed by atoms with van der Waals surface area (Å²) in [6, 6.07) is 4.16. The first-order chi connectivity index (χ1) is 14.1. The summed E-state index contributed by atoms with van der Waals surface area (Å²) in [6.07, 6.45) is 1.26. The quantitative estimate of drug-likeness (QED) is 0.635. The van der Waals surface area contributed by atoms with E-state index in [0.717, 1.165) is 26.1 Å². The van der Waals surface area contributed by atoms with E-state index in [1.165, 1.54) is 16.0 Å². The summed E-state index contributed by atoms with van der Waals surface area (Å²) in [5, 5.41) is 12.1. The molecular formula is C21H30N4O2S2. The highest BCUT2D eigenvalue weighted by molar-refractivity contribution is 7.10. The van der Waals surface area contributed by atoms with Crippen molar-refractivity contribution < 1.29 is 9.59 Å². The number of hydrogen-bond acceptors (Lipinski definition) is 5. The largest absolute Gasteiger partial charge is 0.338 e. The van der Waals surface area contributed by atoms with Crippen LogP contribution in [0.1, 0.15) is 42.3 Å². The van der Waals surface area contributed by atoms with Crippen LogP contribution in [0.25, 0.3) is 0 Å². The first-order valence-corrected chi connectivity index (χ1v) is 12.1. The second kappa shape index (κ2) is 10.8. The summed E-state index contributed by atoms with van der Waals surface area (Å²) in [4.78, 5) is 30.3. The van der Waals surface area contributed by atoms with Crippen LogP contribution < -0.4 is 10.6 Å². The summed E-state index contributed by atoms with van der Waals surface area (Å²) in [6.45, 7) is 8.48. The molecule has 3 heterocycles. The Labute approximate surface area is 180 Å². The highest BCUT2D eigenvalue weighted by Crippen LogP contribution is 2.24. The summed E-state index contributed by atoms with van der Waals surface area (Å²) in [5.41, 5.74) is 2.49. The van der Waals surface area contributed by atoms with E-state index in [-0.39, 0.29) is 18.0 Å². The molecule has 6 nitrogen and oxygen atoms in total. The topological polar surface area (TPSA) is 64.7 Å². The van der Waals surface area contributed by atoms with Crippen molar-refractivity contribution in [3.8, 4) is 0 Å². The van der Waals surface area contributed by atoms with Crippen LogP contribution in [0.5, 0.6) is 0 Å². The van der Waals surface area contributed by atoms with Crippen molar-refractivity contribution in [2.24, 2.45) is 0 Å². The smallest absolute Gasteiger partial charge is 0.314 e. The van der Waals surface area contributed by atoms with E-state index in [2.05, 4.69) is 57.7 Å². The Bertz CT molecular complexity index is 786. The zero-order chi connectivity index (χ0) is 20.6. The molecule has 3 amide bonds. The molecule has 2 aromatic rings. The van der Waals surface area contributed by atoms with Gasteiger partial charge >= 0.3 is 6.03 Å². The molecule has 8 heteroatoms. The molecule has 1 unspecified atom stereocenters. The van der Waals surface area contributed by atoms with Crippen molar-refractivity contribution >= 4 is 34.6 Å². The molecule has 1 aliphatic heterocycles. The molecule has 0 aromatic carbocycles. The number of rotatable bonds is 9. The van der Waals surface area contributed by atoms with E-state index in [1.807, 2.05) is 4.90 Å². The normalized spacial score (nSPS) is 14.5. The number of nitrogens with zero attached hydrogens (tertiary/aromatic N) is 2. The first-order valence-electron chi connectivity index (χ1n) is 10.2. The highest BCUT2D eigenvalue weighted by atomic mass is 32.1. The monoisotopic (exact) mass is 434 g/mol. The first kappa shape index (κ1) is 21.8. The Morgan fingerprint density at radius 3 is 2.76 bits per heavy atom.